The molecule has 1 aromatic rings. The van der Waals surface area contributed by atoms with Crippen molar-refractivity contribution in [3.05, 3.63) is 20.5 Å². The molecule has 1 fully saturated rings. The summed E-state index contributed by atoms with van der Waals surface area (Å²) in [4.78, 5) is 12.3. The van der Waals surface area contributed by atoms with Gasteiger partial charge in [-0.2, -0.15) is 0 Å². The van der Waals surface area contributed by atoms with Crippen molar-refractivity contribution >= 4 is 15.9 Å². The first-order valence-electron chi connectivity index (χ1n) is 6.51. The number of aliphatic hydroxyl groups excluding tert-OH is 1. The van der Waals surface area contributed by atoms with Gasteiger partial charge in [-0.15, -0.1) is 0 Å². The molecule has 2 rings (SSSR count). The van der Waals surface area contributed by atoms with E-state index in [1.807, 2.05) is 0 Å². The SMILES string of the molecule is CC(C)(C)c1[nH]n(C2CCCCC2O)c(=O)c1Br. The van der Waals surface area contributed by atoms with Crippen LogP contribution in [0.5, 0.6) is 0 Å². The fourth-order valence-electron chi connectivity index (χ4n) is 2.56. The van der Waals surface area contributed by atoms with E-state index in [-0.39, 0.29) is 17.0 Å². The van der Waals surface area contributed by atoms with Crippen molar-refractivity contribution in [1.82, 2.24) is 9.78 Å². The van der Waals surface area contributed by atoms with E-state index in [0.717, 1.165) is 31.4 Å². The number of rotatable bonds is 1. The third-order valence-corrected chi connectivity index (χ3v) is 4.37. The molecule has 1 aliphatic carbocycles. The Hall–Kier alpha value is -0.550. The van der Waals surface area contributed by atoms with Crippen molar-refractivity contribution in [3.8, 4) is 0 Å². The second-order valence-corrected chi connectivity index (χ2v) is 6.94. The maximum absolute atomic E-state index is 12.3. The lowest BCUT2D eigenvalue weighted by Gasteiger charge is -2.28. The third-order valence-electron chi connectivity index (χ3n) is 3.63. The summed E-state index contributed by atoms with van der Waals surface area (Å²) in [6.07, 6.45) is 3.32. The molecule has 0 radical (unpaired) electrons. The standard InChI is InChI=1S/C13H21BrN2O2/c1-13(2,3)11-10(14)12(18)16(15-11)8-6-4-5-7-9(8)17/h8-9,15,17H,4-7H2,1-3H3. The van der Waals surface area contributed by atoms with Crippen LogP contribution in [0.3, 0.4) is 0 Å². The minimum atomic E-state index is -0.421. The van der Waals surface area contributed by atoms with Crippen molar-refractivity contribution in [2.75, 3.05) is 0 Å². The van der Waals surface area contributed by atoms with Crippen molar-refractivity contribution in [2.45, 2.75) is 64.0 Å². The summed E-state index contributed by atoms with van der Waals surface area (Å²) in [6, 6.07) is -0.112. The molecule has 0 amide bonds. The van der Waals surface area contributed by atoms with Gasteiger partial charge in [-0.25, -0.2) is 4.68 Å². The Bertz CT molecular complexity index is 484. The van der Waals surface area contributed by atoms with Crippen LogP contribution in [0, 0.1) is 0 Å². The monoisotopic (exact) mass is 316 g/mol. The number of halogens is 1. The average molecular weight is 317 g/mol. The van der Waals surface area contributed by atoms with E-state index < -0.39 is 6.10 Å². The highest BCUT2D eigenvalue weighted by Gasteiger charge is 2.30. The molecule has 1 heterocycles. The van der Waals surface area contributed by atoms with E-state index in [2.05, 4.69) is 41.8 Å². The average Bonchev–Trinajstić information content (AvgIpc) is 2.57. The predicted molar refractivity (Wildman–Crippen MR) is 75.0 cm³/mol. The molecule has 5 heteroatoms. The third kappa shape index (κ3) is 2.43. The van der Waals surface area contributed by atoms with Crippen molar-refractivity contribution in [1.29, 1.82) is 0 Å². The molecule has 0 spiro atoms. The Labute approximate surface area is 116 Å². The van der Waals surface area contributed by atoms with Crippen molar-refractivity contribution < 1.29 is 5.11 Å². The topological polar surface area (TPSA) is 58.0 Å². The molecule has 2 atom stereocenters. The Morgan fingerprint density at radius 1 is 1.33 bits per heavy atom. The number of aromatic amines is 1. The Kier molecular flexibility index (Phi) is 3.74. The van der Waals surface area contributed by atoms with Gasteiger partial charge in [0.05, 0.1) is 17.8 Å². The van der Waals surface area contributed by atoms with Crippen LogP contribution in [0.15, 0.2) is 9.27 Å². The van der Waals surface area contributed by atoms with Crippen LogP contribution in [-0.4, -0.2) is 21.0 Å². The van der Waals surface area contributed by atoms with Gasteiger partial charge in [-0.05, 0) is 28.8 Å². The predicted octanol–water partition coefficient (Wildman–Crippen LogP) is 2.71. The largest absolute Gasteiger partial charge is 0.391 e. The smallest absolute Gasteiger partial charge is 0.281 e. The summed E-state index contributed by atoms with van der Waals surface area (Å²) in [5.41, 5.74) is 0.708. The Morgan fingerprint density at radius 2 is 1.94 bits per heavy atom. The lowest BCUT2D eigenvalue weighted by molar-refractivity contribution is 0.0674. The number of nitrogens with zero attached hydrogens (tertiary/aromatic N) is 1. The van der Waals surface area contributed by atoms with Gasteiger partial charge >= 0.3 is 0 Å². The number of nitrogens with one attached hydrogen (secondary N) is 1. The van der Waals surface area contributed by atoms with Gasteiger partial charge in [-0.1, -0.05) is 33.6 Å². The van der Waals surface area contributed by atoms with Crippen LogP contribution >= 0.6 is 15.9 Å². The molecule has 1 saturated carbocycles. The van der Waals surface area contributed by atoms with E-state index in [4.69, 9.17) is 0 Å². The molecule has 2 unspecified atom stereocenters. The second-order valence-electron chi connectivity index (χ2n) is 6.15. The second kappa shape index (κ2) is 4.85. The van der Waals surface area contributed by atoms with Crippen LogP contribution < -0.4 is 5.56 Å². The highest BCUT2D eigenvalue weighted by Crippen LogP contribution is 2.31. The van der Waals surface area contributed by atoms with Crippen LogP contribution in [0.25, 0.3) is 0 Å². The Morgan fingerprint density at radius 3 is 2.44 bits per heavy atom. The maximum atomic E-state index is 12.3. The molecule has 2 N–H and O–H groups in total. The minimum absolute atomic E-state index is 0.0640. The summed E-state index contributed by atoms with van der Waals surface area (Å²) in [6.45, 7) is 6.18. The normalized spacial score (nSPS) is 25.4. The molecular weight excluding hydrogens is 296 g/mol. The summed E-state index contributed by atoms with van der Waals surface area (Å²) < 4.78 is 2.20. The van der Waals surface area contributed by atoms with E-state index >= 15 is 0 Å². The fourth-order valence-corrected chi connectivity index (χ4v) is 3.43. The van der Waals surface area contributed by atoms with Gasteiger partial charge in [0.1, 0.15) is 4.47 Å². The van der Waals surface area contributed by atoms with Gasteiger partial charge in [0.15, 0.2) is 0 Å². The van der Waals surface area contributed by atoms with Crippen LogP contribution in [0.2, 0.25) is 0 Å². The highest BCUT2D eigenvalue weighted by atomic mass is 79.9. The fraction of sp³-hybridized carbons (Fsp3) is 0.769. The molecule has 4 nitrogen and oxygen atoms in total. The van der Waals surface area contributed by atoms with E-state index in [9.17, 15) is 9.90 Å². The number of aliphatic hydroxyl groups is 1. The van der Waals surface area contributed by atoms with E-state index in [1.165, 1.54) is 0 Å². The molecule has 1 aliphatic rings. The lowest BCUT2D eigenvalue weighted by Crippen LogP contribution is -2.34. The molecule has 0 saturated heterocycles. The van der Waals surface area contributed by atoms with E-state index in [0.29, 0.717) is 4.47 Å². The van der Waals surface area contributed by atoms with Gasteiger partial charge in [0.2, 0.25) is 0 Å². The van der Waals surface area contributed by atoms with Crippen molar-refractivity contribution in [3.63, 3.8) is 0 Å². The molecule has 18 heavy (non-hydrogen) atoms. The van der Waals surface area contributed by atoms with E-state index in [1.54, 1.807) is 4.68 Å². The van der Waals surface area contributed by atoms with Gasteiger partial charge in [-0.3, -0.25) is 9.89 Å². The zero-order valence-electron chi connectivity index (χ0n) is 11.2. The zero-order chi connectivity index (χ0) is 13.5. The highest BCUT2D eigenvalue weighted by molar-refractivity contribution is 9.10. The molecule has 0 bridgehead atoms. The molecule has 0 aliphatic heterocycles. The minimum Gasteiger partial charge on any atom is -0.391 e. The number of aromatic nitrogens is 2. The molecule has 1 aromatic heterocycles. The molecule has 0 aromatic carbocycles. The Balaban J connectivity index is 2.43. The summed E-state index contributed by atoms with van der Waals surface area (Å²) in [5.74, 6) is 0. The first kappa shape index (κ1) is 13.9. The summed E-state index contributed by atoms with van der Waals surface area (Å²) >= 11 is 3.38. The quantitative estimate of drug-likeness (QED) is 0.837. The van der Waals surface area contributed by atoms with Crippen molar-refractivity contribution in [2.24, 2.45) is 0 Å². The number of hydrogen-bond acceptors (Lipinski definition) is 2. The first-order valence-corrected chi connectivity index (χ1v) is 7.30. The summed E-state index contributed by atoms with van der Waals surface area (Å²) in [5, 5.41) is 13.2. The molecular formula is C13H21BrN2O2. The maximum Gasteiger partial charge on any atom is 0.281 e. The number of hydrogen-bond donors (Lipinski definition) is 2. The van der Waals surface area contributed by atoms with Gasteiger partial charge < -0.3 is 5.11 Å². The van der Waals surface area contributed by atoms with Crippen LogP contribution in [0.1, 0.15) is 58.2 Å². The number of H-pyrrole nitrogens is 1. The van der Waals surface area contributed by atoms with Gasteiger partial charge in [0, 0.05) is 5.41 Å². The van der Waals surface area contributed by atoms with Crippen LogP contribution in [0.4, 0.5) is 0 Å². The van der Waals surface area contributed by atoms with Gasteiger partial charge in [0.25, 0.3) is 5.56 Å². The first-order chi connectivity index (χ1) is 8.32. The lowest BCUT2D eigenvalue weighted by atomic mass is 9.93. The van der Waals surface area contributed by atoms with Crippen LogP contribution in [-0.2, 0) is 5.41 Å². The molecule has 102 valence electrons. The zero-order valence-corrected chi connectivity index (χ0v) is 12.7. The summed E-state index contributed by atoms with van der Waals surface area (Å²) in [7, 11) is 0.